The second-order valence-corrected chi connectivity index (χ2v) is 10.9. The van der Waals surface area contributed by atoms with Gasteiger partial charge in [0.05, 0.1) is 16.6 Å². The fraction of sp³-hybridized carbons (Fsp3) is 0.312. The summed E-state index contributed by atoms with van der Waals surface area (Å²) in [7, 11) is 0. The van der Waals surface area contributed by atoms with E-state index in [2.05, 4.69) is 45.1 Å². The van der Waals surface area contributed by atoms with Crippen molar-refractivity contribution in [3.63, 3.8) is 0 Å². The Morgan fingerprint density at radius 2 is 1.67 bits per heavy atom. The first kappa shape index (κ1) is 24.0. The van der Waals surface area contributed by atoms with E-state index in [0.29, 0.717) is 0 Å². The Morgan fingerprint density at radius 3 is 2.38 bits per heavy atom. The quantitative estimate of drug-likeness (QED) is 0.269. The molecule has 7 heteroatoms. The van der Waals surface area contributed by atoms with Gasteiger partial charge in [-0.1, -0.05) is 55.3 Å². The molecule has 1 aromatic heterocycles. The minimum absolute atomic E-state index is 0.258. The van der Waals surface area contributed by atoms with Crippen LogP contribution in [0.3, 0.4) is 0 Å². The van der Waals surface area contributed by atoms with Gasteiger partial charge in [-0.2, -0.15) is 0 Å². The number of carbonyl (C=O) groups is 1. The molecule has 1 aliphatic heterocycles. The van der Waals surface area contributed by atoms with E-state index in [9.17, 15) is 9.90 Å². The van der Waals surface area contributed by atoms with Crippen molar-refractivity contribution in [2.75, 3.05) is 36.4 Å². The molecule has 198 valence electrons. The molecule has 5 aromatic rings. The highest BCUT2D eigenvalue weighted by Crippen LogP contribution is 2.41. The Bertz CT molecular complexity index is 1730. The minimum Gasteiger partial charge on any atom is -0.478 e. The second kappa shape index (κ2) is 9.58. The molecule has 0 unspecified atom stereocenters. The number of carboxylic acid groups (broad SMARTS) is 1. The standard InChI is InChI=1S/C32H32N4O3/c1-20-24-9-5-6-10-25(24)31-29-28(20)26(33-22-13-11-21(12-14-22)32(37)38)19-27(30(29)34-39-31)36-17-15-35(16-18-36)23-7-3-2-4-8-23/h5-6,9-14,19,23,33H,1-4,7-8,15-18H2,(H,37,38). The molecule has 2 heterocycles. The first-order valence-electron chi connectivity index (χ1n) is 13.9. The number of fused-ring (bicyclic) bond motifs is 2. The van der Waals surface area contributed by atoms with Gasteiger partial charge in [0.2, 0.25) is 0 Å². The zero-order chi connectivity index (χ0) is 26.5. The first-order chi connectivity index (χ1) is 19.1. The van der Waals surface area contributed by atoms with Crippen LogP contribution in [-0.4, -0.2) is 53.4 Å². The Labute approximate surface area is 226 Å². The van der Waals surface area contributed by atoms with Gasteiger partial charge in [-0.05, 0) is 53.8 Å². The summed E-state index contributed by atoms with van der Waals surface area (Å²) >= 11 is 0. The van der Waals surface area contributed by atoms with Crippen LogP contribution in [0, 0.1) is 0 Å². The predicted molar refractivity (Wildman–Crippen MR) is 157 cm³/mol. The molecule has 4 aromatic carbocycles. The van der Waals surface area contributed by atoms with E-state index >= 15 is 0 Å². The molecule has 2 N–H and O–H groups in total. The number of benzene rings is 4. The number of carboxylic acids is 1. The van der Waals surface area contributed by atoms with Crippen molar-refractivity contribution in [1.29, 1.82) is 0 Å². The molecular formula is C32H32N4O3. The highest BCUT2D eigenvalue weighted by atomic mass is 16.5. The molecule has 0 bridgehead atoms. The van der Waals surface area contributed by atoms with Gasteiger partial charge in [0.25, 0.3) is 0 Å². The second-order valence-electron chi connectivity index (χ2n) is 10.9. The number of nitrogens with one attached hydrogen (secondary N) is 1. The van der Waals surface area contributed by atoms with Crippen molar-refractivity contribution < 1.29 is 14.4 Å². The third-order valence-corrected chi connectivity index (χ3v) is 8.69. The molecule has 1 saturated carbocycles. The van der Waals surface area contributed by atoms with Gasteiger partial charge in [0, 0.05) is 54.4 Å². The van der Waals surface area contributed by atoms with Crippen LogP contribution in [-0.2, 0) is 0 Å². The van der Waals surface area contributed by atoms with E-state index in [0.717, 1.165) is 87.1 Å². The average Bonchev–Trinajstić information content (AvgIpc) is 3.42. The fourth-order valence-corrected chi connectivity index (χ4v) is 6.65. The zero-order valence-corrected chi connectivity index (χ0v) is 21.9. The van der Waals surface area contributed by atoms with Crippen LogP contribution >= 0.6 is 0 Å². The van der Waals surface area contributed by atoms with Gasteiger partial charge < -0.3 is 19.8 Å². The summed E-state index contributed by atoms with van der Waals surface area (Å²) in [5.74, 6) is -0.938. The zero-order valence-electron chi connectivity index (χ0n) is 21.9. The topological polar surface area (TPSA) is 81.8 Å². The number of nitrogens with zero attached hydrogens (tertiary/aromatic N) is 3. The van der Waals surface area contributed by atoms with Crippen molar-refractivity contribution >= 4 is 62.3 Å². The fourth-order valence-electron chi connectivity index (χ4n) is 6.65. The number of hydrogen-bond acceptors (Lipinski definition) is 6. The molecule has 7 rings (SSSR count). The lowest BCUT2D eigenvalue weighted by molar-refractivity contribution is 0.0697. The van der Waals surface area contributed by atoms with Crippen LogP contribution in [0.4, 0.5) is 17.1 Å². The van der Waals surface area contributed by atoms with Gasteiger partial charge in [-0.25, -0.2) is 4.79 Å². The normalized spacial score (nSPS) is 17.4. The van der Waals surface area contributed by atoms with Crippen molar-refractivity contribution in [3.8, 4) is 0 Å². The lowest BCUT2D eigenvalue weighted by Gasteiger charge is -2.41. The predicted octanol–water partition coefficient (Wildman–Crippen LogP) is 6.16. The molecule has 2 aliphatic rings. The molecule has 1 saturated heterocycles. The van der Waals surface area contributed by atoms with E-state index in [1.165, 1.54) is 32.1 Å². The summed E-state index contributed by atoms with van der Waals surface area (Å²) in [6.45, 7) is 8.48. The Balaban J connectivity index is 1.33. The molecule has 0 atom stereocenters. The lowest BCUT2D eigenvalue weighted by Crippen LogP contribution is -2.50. The van der Waals surface area contributed by atoms with E-state index in [1.54, 1.807) is 24.3 Å². The van der Waals surface area contributed by atoms with Crippen LogP contribution in [0.25, 0.3) is 39.2 Å². The van der Waals surface area contributed by atoms with E-state index in [1.807, 2.05) is 12.1 Å². The van der Waals surface area contributed by atoms with Crippen LogP contribution in [0.2, 0.25) is 0 Å². The smallest absolute Gasteiger partial charge is 0.335 e. The summed E-state index contributed by atoms with van der Waals surface area (Å²) in [6.07, 6.45) is 6.72. The number of hydrogen-bond donors (Lipinski definition) is 2. The number of aromatic carboxylic acids is 1. The van der Waals surface area contributed by atoms with Gasteiger partial charge >= 0.3 is 5.97 Å². The van der Waals surface area contributed by atoms with Crippen molar-refractivity contribution in [2.45, 2.75) is 38.1 Å². The van der Waals surface area contributed by atoms with Crippen LogP contribution in [0.1, 0.15) is 42.5 Å². The average molecular weight is 521 g/mol. The third kappa shape index (κ3) is 4.08. The maximum absolute atomic E-state index is 11.4. The minimum atomic E-state index is -0.938. The van der Waals surface area contributed by atoms with Crippen LogP contribution < -0.4 is 15.4 Å². The summed E-state index contributed by atoms with van der Waals surface area (Å²) in [4.78, 5) is 16.5. The highest BCUT2D eigenvalue weighted by molar-refractivity contribution is 6.24. The van der Waals surface area contributed by atoms with Gasteiger partial charge in [0.1, 0.15) is 5.52 Å². The monoisotopic (exact) mass is 520 g/mol. The van der Waals surface area contributed by atoms with E-state index in [4.69, 9.17) is 4.52 Å². The van der Waals surface area contributed by atoms with Gasteiger partial charge in [-0.3, -0.25) is 4.90 Å². The van der Waals surface area contributed by atoms with Crippen molar-refractivity contribution in [3.05, 3.63) is 65.4 Å². The molecule has 2 fully saturated rings. The van der Waals surface area contributed by atoms with Crippen LogP contribution in [0.5, 0.6) is 0 Å². The number of anilines is 3. The maximum atomic E-state index is 11.4. The Kier molecular flexibility index (Phi) is 5.89. The highest BCUT2D eigenvalue weighted by Gasteiger charge is 2.28. The van der Waals surface area contributed by atoms with Gasteiger partial charge in [0.15, 0.2) is 5.58 Å². The molecule has 0 spiro atoms. The Hall–Kier alpha value is -4.10. The number of rotatable bonds is 5. The number of aromatic nitrogens is 1. The van der Waals surface area contributed by atoms with Gasteiger partial charge in [-0.15, -0.1) is 0 Å². The molecular weight excluding hydrogens is 488 g/mol. The molecule has 0 amide bonds. The van der Waals surface area contributed by atoms with Crippen molar-refractivity contribution in [2.24, 2.45) is 0 Å². The summed E-state index contributed by atoms with van der Waals surface area (Å²) in [6, 6.07) is 17.9. The van der Waals surface area contributed by atoms with E-state index in [-0.39, 0.29) is 5.56 Å². The largest absolute Gasteiger partial charge is 0.478 e. The molecule has 39 heavy (non-hydrogen) atoms. The van der Waals surface area contributed by atoms with E-state index < -0.39 is 5.97 Å². The van der Waals surface area contributed by atoms with Crippen molar-refractivity contribution in [1.82, 2.24) is 10.1 Å². The van der Waals surface area contributed by atoms with Crippen LogP contribution in [0.15, 0.2) is 59.1 Å². The SMILES string of the molecule is C=c1c2ccccc2c2onc3c(N4CCN(C5CCCCC5)CC4)cc(Nc4ccc(C(=O)O)cc4)c1c32. The summed E-state index contributed by atoms with van der Waals surface area (Å²) in [5.41, 5.74) is 4.69. The maximum Gasteiger partial charge on any atom is 0.335 e. The molecule has 0 radical (unpaired) electrons. The summed E-state index contributed by atoms with van der Waals surface area (Å²) < 4.78 is 6.04. The first-order valence-corrected chi connectivity index (χ1v) is 13.9. The molecule has 1 aliphatic carbocycles. The summed E-state index contributed by atoms with van der Waals surface area (Å²) in [5, 5.41) is 22.4. The molecule has 7 nitrogen and oxygen atoms in total. The Morgan fingerprint density at radius 1 is 0.949 bits per heavy atom. The third-order valence-electron chi connectivity index (χ3n) is 8.69. The lowest BCUT2D eigenvalue weighted by atomic mass is 9.93. The number of piperazine rings is 1.